The molecule has 0 fully saturated rings. The number of nitrogens with one attached hydrogen (secondary N) is 1. The van der Waals surface area contributed by atoms with E-state index in [0.717, 1.165) is 16.5 Å². The molecule has 0 aliphatic heterocycles. The third-order valence-corrected chi connectivity index (χ3v) is 6.08. The monoisotopic (exact) mass is 483 g/mol. The molecule has 178 valence electrons. The highest BCUT2D eigenvalue weighted by atomic mass is 16.1. The van der Waals surface area contributed by atoms with E-state index in [4.69, 9.17) is 18.9 Å². The van der Waals surface area contributed by atoms with Gasteiger partial charge in [0.15, 0.2) is 5.69 Å². The SMILES string of the molecule is [C-]#[N+]c1cccc(-c2cccc3cc([C@H](C)Nc4nc(N)ncc4[N+]#[C-])n(-c4ccccc4)c(=O)c23)c1. The van der Waals surface area contributed by atoms with Gasteiger partial charge >= 0.3 is 0 Å². The minimum atomic E-state index is -0.416. The maximum Gasteiger partial charge on any atom is 0.263 e. The Morgan fingerprint density at radius 3 is 2.51 bits per heavy atom. The van der Waals surface area contributed by atoms with Crippen LogP contribution in [0.5, 0.6) is 0 Å². The average molecular weight is 484 g/mol. The Hall–Kier alpha value is -5.47. The van der Waals surface area contributed by atoms with Crippen molar-refractivity contribution in [2.45, 2.75) is 13.0 Å². The summed E-state index contributed by atoms with van der Waals surface area (Å²) >= 11 is 0. The first-order valence-corrected chi connectivity index (χ1v) is 11.5. The van der Waals surface area contributed by atoms with Crippen LogP contribution in [0.15, 0.2) is 89.9 Å². The van der Waals surface area contributed by atoms with E-state index in [9.17, 15) is 4.79 Å². The third-order valence-electron chi connectivity index (χ3n) is 6.08. The normalized spacial score (nSPS) is 11.4. The minimum absolute atomic E-state index is 0.0485. The van der Waals surface area contributed by atoms with E-state index in [-0.39, 0.29) is 17.2 Å². The largest absolute Gasteiger partial charge is 0.371 e. The van der Waals surface area contributed by atoms with Gasteiger partial charge in [0, 0.05) is 17.6 Å². The molecule has 2 heterocycles. The summed E-state index contributed by atoms with van der Waals surface area (Å²) in [7, 11) is 0. The predicted molar refractivity (Wildman–Crippen MR) is 146 cm³/mol. The number of fused-ring (bicyclic) bond motifs is 1. The van der Waals surface area contributed by atoms with Gasteiger partial charge < -0.3 is 11.1 Å². The summed E-state index contributed by atoms with van der Waals surface area (Å²) in [5, 5.41) is 4.56. The summed E-state index contributed by atoms with van der Waals surface area (Å²) in [5.74, 6) is 0.346. The highest BCUT2D eigenvalue weighted by Crippen LogP contribution is 2.32. The van der Waals surface area contributed by atoms with Gasteiger partial charge in [-0.25, -0.2) is 19.7 Å². The average Bonchev–Trinajstić information content (AvgIpc) is 2.93. The molecule has 0 radical (unpaired) electrons. The van der Waals surface area contributed by atoms with E-state index in [1.54, 1.807) is 16.7 Å². The Balaban J connectivity index is 1.75. The van der Waals surface area contributed by atoms with Crippen molar-refractivity contribution < 1.29 is 0 Å². The summed E-state index contributed by atoms with van der Waals surface area (Å²) in [5.41, 5.74) is 9.26. The Morgan fingerprint density at radius 2 is 1.76 bits per heavy atom. The number of hydrogen-bond donors (Lipinski definition) is 2. The van der Waals surface area contributed by atoms with Crippen molar-refractivity contribution in [3.63, 3.8) is 0 Å². The van der Waals surface area contributed by atoms with E-state index in [2.05, 4.69) is 25.0 Å². The molecule has 8 nitrogen and oxygen atoms in total. The number of nitrogens with zero attached hydrogens (tertiary/aromatic N) is 5. The standard InChI is InChI=1S/C29H21N7O/c1-18(34-27-24(32-3)17-33-29(30)35-27)25-16-20-10-8-14-23(19-9-7-11-21(15-19)31-2)26(20)28(37)36(25)22-12-5-4-6-13-22/h4-18H,1H3,(H3,30,33,34,35)/t18-/m0/s1. The van der Waals surface area contributed by atoms with Gasteiger partial charge in [-0.05, 0) is 47.7 Å². The van der Waals surface area contributed by atoms with Crippen LogP contribution in [0.25, 0.3) is 37.3 Å². The van der Waals surface area contributed by atoms with E-state index in [0.29, 0.717) is 28.3 Å². The summed E-state index contributed by atoms with van der Waals surface area (Å²) in [4.78, 5) is 29.3. The van der Waals surface area contributed by atoms with Gasteiger partial charge in [-0.2, -0.15) is 0 Å². The third kappa shape index (κ3) is 4.36. The number of benzene rings is 3. The predicted octanol–water partition coefficient (Wildman–Crippen LogP) is 6.30. The molecule has 5 rings (SSSR count). The van der Waals surface area contributed by atoms with Crippen LogP contribution in [-0.2, 0) is 0 Å². The Morgan fingerprint density at radius 1 is 0.973 bits per heavy atom. The fraction of sp³-hybridized carbons (Fsp3) is 0.0690. The van der Waals surface area contributed by atoms with Crippen LogP contribution < -0.4 is 16.6 Å². The molecule has 1 atom stereocenters. The van der Waals surface area contributed by atoms with Crippen LogP contribution in [0, 0.1) is 13.1 Å². The quantitative estimate of drug-likeness (QED) is 0.286. The van der Waals surface area contributed by atoms with Gasteiger partial charge in [0.2, 0.25) is 11.6 Å². The number of nitrogen functional groups attached to an aromatic ring is 1. The van der Waals surface area contributed by atoms with Crippen LogP contribution in [0.1, 0.15) is 18.7 Å². The Kier molecular flexibility index (Phi) is 6.07. The van der Waals surface area contributed by atoms with Gasteiger partial charge in [0.05, 0.1) is 24.6 Å². The smallest absolute Gasteiger partial charge is 0.263 e. The Bertz CT molecular complexity index is 1780. The van der Waals surface area contributed by atoms with Crippen LogP contribution in [0.3, 0.4) is 0 Å². The summed E-state index contributed by atoms with van der Waals surface area (Å²) < 4.78 is 1.67. The van der Waals surface area contributed by atoms with Crippen LogP contribution in [0.2, 0.25) is 0 Å². The molecular weight excluding hydrogens is 462 g/mol. The maximum atomic E-state index is 14.2. The molecule has 3 aromatic carbocycles. The topological polar surface area (TPSA) is 94.5 Å². The molecule has 5 aromatic rings. The van der Waals surface area contributed by atoms with Crippen molar-refractivity contribution in [2.75, 3.05) is 11.1 Å². The van der Waals surface area contributed by atoms with Crippen LogP contribution in [-0.4, -0.2) is 14.5 Å². The van der Waals surface area contributed by atoms with E-state index < -0.39 is 6.04 Å². The summed E-state index contributed by atoms with van der Waals surface area (Å²) in [6.07, 6.45) is 1.37. The minimum Gasteiger partial charge on any atom is -0.371 e. The second-order valence-corrected chi connectivity index (χ2v) is 8.42. The van der Waals surface area contributed by atoms with E-state index >= 15 is 0 Å². The first-order valence-electron chi connectivity index (χ1n) is 11.5. The van der Waals surface area contributed by atoms with Gasteiger partial charge in [0.1, 0.15) is 5.82 Å². The molecule has 0 aliphatic rings. The molecule has 0 amide bonds. The highest BCUT2D eigenvalue weighted by molar-refractivity contribution is 5.97. The number of pyridine rings is 1. The Labute approximate surface area is 213 Å². The number of anilines is 2. The second kappa shape index (κ2) is 9.65. The van der Waals surface area contributed by atoms with E-state index in [1.165, 1.54) is 6.20 Å². The maximum absolute atomic E-state index is 14.2. The molecule has 3 N–H and O–H groups in total. The van der Waals surface area contributed by atoms with Crippen LogP contribution >= 0.6 is 0 Å². The van der Waals surface area contributed by atoms with Crippen LogP contribution in [0.4, 0.5) is 23.1 Å². The molecule has 0 saturated heterocycles. The molecule has 8 heteroatoms. The second-order valence-electron chi connectivity index (χ2n) is 8.42. The summed E-state index contributed by atoms with van der Waals surface area (Å²) in [6, 6.07) is 23.9. The zero-order valence-electron chi connectivity index (χ0n) is 19.9. The molecule has 0 spiro atoms. The number of aromatic nitrogens is 3. The van der Waals surface area contributed by atoms with Gasteiger partial charge in [-0.3, -0.25) is 9.36 Å². The lowest BCUT2D eigenvalue weighted by Gasteiger charge is -2.22. The lowest BCUT2D eigenvalue weighted by Crippen LogP contribution is -2.26. The molecule has 2 aromatic heterocycles. The molecule has 0 unspecified atom stereocenters. The molecule has 0 saturated carbocycles. The van der Waals surface area contributed by atoms with Crippen molar-refractivity contribution >= 4 is 33.9 Å². The number of nitrogens with two attached hydrogens (primary N) is 1. The van der Waals surface area contributed by atoms with E-state index in [1.807, 2.05) is 73.7 Å². The lowest BCUT2D eigenvalue weighted by molar-refractivity contribution is 0.774. The zero-order valence-corrected chi connectivity index (χ0v) is 19.9. The zero-order chi connectivity index (χ0) is 25.9. The highest BCUT2D eigenvalue weighted by Gasteiger charge is 2.20. The fourth-order valence-electron chi connectivity index (χ4n) is 4.38. The molecule has 37 heavy (non-hydrogen) atoms. The first-order chi connectivity index (χ1) is 18.0. The van der Waals surface area contributed by atoms with Crippen molar-refractivity contribution in [3.8, 4) is 16.8 Å². The fourth-order valence-corrected chi connectivity index (χ4v) is 4.38. The van der Waals surface area contributed by atoms with Gasteiger partial charge in [-0.1, -0.05) is 54.6 Å². The van der Waals surface area contributed by atoms with Crippen molar-refractivity contribution in [1.82, 2.24) is 14.5 Å². The first kappa shape index (κ1) is 23.3. The van der Waals surface area contributed by atoms with Crippen molar-refractivity contribution in [1.29, 1.82) is 0 Å². The molecule has 0 aliphatic carbocycles. The number of para-hydroxylation sites is 1. The number of hydrogen-bond acceptors (Lipinski definition) is 5. The lowest BCUT2D eigenvalue weighted by atomic mass is 9.97. The molecular formula is C29H21N7O. The van der Waals surface area contributed by atoms with Crippen molar-refractivity contribution in [3.05, 3.63) is 124 Å². The van der Waals surface area contributed by atoms with Gasteiger partial charge in [0.25, 0.3) is 5.56 Å². The van der Waals surface area contributed by atoms with Gasteiger partial charge in [-0.15, -0.1) is 0 Å². The summed E-state index contributed by atoms with van der Waals surface area (Å²) in [6.45, 7) is 16.7. The number of rotatable bonds is 5. The molecule has 0 bridgehead atoms. The van der Waals surface area contributed by atoms with Crippen molar-refractivity contribution in [2.24, 2.45) is 0 Å².